The smallest absolute Gasteiger partial charge is 0.137 e. The van der Waals surface area contributed by atoms with Gasteiger partial charge >= 0.3 is 0 Å². The average molecular weight is 419 g/mol. The Balaban J connectivity index is 0. The lowest BCUT2D eigenvalue weighted by Gasteiger charge is -2.25. The molecule has 2 unspecified atom stereocenters. The Kier molecular flexibility index (Phi) is 18.5. The summed E-state index contributed by atoms with van der Waals surface area (Å²) in [5.41, 5.74) is 5.73. The van der Waals surface area contributed by atoms with E-state index in [0.717, 1.165) is 32.6 Å². The molecule has 0 amide bonds. The topological polar surface area (TPSA) is 86.2 Å². The Morgan fingerprint density at radius 1 is 0.833 bits per heavy atom. The molecule has 0 aromatic heterocycles. The van der Waals surface area contributed by atoms with Crippen LogP contribution < -0.4 is 30.9 Å². The molecule has 0 heterocycles. The van der Waals surface area contributed by atoms with Crippen LogP contribution >= 0.6 is 13.0 Å². The SMILES string of the molecule is CCCCNP(=S)(NCC)NCCC.CCNP(N)(=S)NC(C)C. The largest absolute Gasteiger partial charge is 0.279 e. The lowest BCUT2D eigenvalue weighted by atomic mass is 10.3. The van der Waals surface area contributed by atoms with Crippen molar-refractivity contribution in [2.75, 3.05) is 26.2 Å². The van der Waals surface area contributed by atoms with Gasteiger partial charge in [0.1, 0.15) is 13.0 Å². The normalized spacial score (nSPS) is 16.2. The van der Waals surface area contributed by atoms with E-state index in [2.05, 4.69) is 46.2 Å². The zero-order valence-electron chi connectivity index (χ0n) is 16.3. The minimum absolute atomic E-state index is 0.356. The van der Waals surface area contributed by atoms with Gasteiger partial charge < -0.3 is 0 Å². The molecule has 0 bridgehead atoms. The third kappa shape index (κ3) is 17.9. The van der Waals surface area contributed by atoms with Crippen molar-refractivity contribution >= 4 is 36.6 Å². The van der Waals surface area contributed by atoms with Crippen LogP contribution in [0.15, 0.2) is 0 Å². The summed E-state index contributed by atoms with van der Waals surface area (Å²) in [4.78, 5) is 0. The number of hydrogen-bond acceptors (Lipinski definition) is 2. The standard InChI is InChI=1S/C9H24N3PS.C5H16N3PS/c1-4-7-9-12-13(14,10-6-3)11-8-5-2;1-4-7-9(6,10)8-5(2)3/h4-9H2,1-3H3,(H3,10,11,12,14);5H,4H2,1-3H3,(H4,6,7,8,10). The molecule has 10 heteroatoms. The molecular formula is C14H40N6P2S2. The van der Waals surface area contributed by atoms with Crippen molar-refractivity contribution in [3.8, 4) is 0 Å². The predicted molar refractivity (Wildman–Crippen MR) is 120 cm³/mol. The molecule has 0 rings (SSSR count). The number of nitrogens with two attached hydrogens (primary N) is 1. The maximum absolute atomic E-state index is 5.73. The molecule has 0 aliphatic rings. The van der Waals surface area contributed by atoms with E-state index in [1.807, 2.05) is 20.8 Å². The first kappa shape index (κ1) is 27.3. The molecule has 2 atom stereocenters. The summed E-state index contributed by atoms with van der Waals surface area (Å²) < 4.78 is 0. The predicted octanol–water partition coefficient (Wildman–Crippen LogP) is 2.99. The summed E-state index contributed by atoms with van der Waals surface area (Å²) in [7, 11) is 0. The zero-order valence-corrected chi connectivity index (χ0v) is 19.7. The molecule has 0 radical (unpaired) electrons. The van der Waals surface area contributed by atoms with Crippen LogP contribution in [0.3, 0.4) is 0 Å². The van der Waals surface area contributed by atoms with Crippen molar-refractivity contribution in [1.29, 1.82) is 0 Å². The van der Waals surface area contributed by atoms with Crippen molar-refractivity contribution in [3.05, 3.63) is 0 Å². The molecule has 0 saturated heterocycles. The molecule has 148 valence electrons. The molecule has 0 aliphatic heterocycles. The van der Waals surface area contributed by atoms with Crippen molar-refractivity contribution in [1.82, 2.24) is 25.4 Å². The van der Waals surface area contributed by atoms with Crippen molar-refractivity contribution in [2.45, 2.75) is 66.8 Å². The van der Waals surface area contributed by atoms with E-state index in [4.69, 9.17) is 29.1 Å². The van der Waals surface area contributed by atoms with E-state index in [1.54, 1.807) is 0 Å². The van der Waals surface area contributed by atoms with Gasteiger partial charge in [-0.05, 0) is 63.4 Å². The van der Waals surface area contributed by atoms with Crippen molar-refractivity contribution in [2.24, 2.45) is 5.50 Å². The molecule has 0 fully saturated rings. The van der Waals surface area contributed by atoms with E-state index in [1.165, 1.54) is 12.8 Å². The lowest BCUT2D eigenvalue weighted by molar-refractivity contribution is 0.746. The first-order chi connectivity index (χ1) is 11.2. The maximum Gasteiger partial charge on any atom is 0.137 e. The van der Waals surface area contributed by atoms with Crippen LogP contribution in [-0.2, 0) is 23.6 Å². The van der Waals surface area contributed by atoms with E-state index >= 15 is 0 Å². The summed E-state index contributed by atoms with van der Waals surface area (Å²) in [6, 6.07) is 0.356. The highest BCUT2D eigenvalue weighted by Gasteiger charge is 2.12. The molecule has 0 aliphatic carbocycles. The Labute approximate surface area is 160 Å². The maximum atomic E-state index is 5.73. The van der Waals surface area contributed by atoms with Gasteiger partial charge in [0, 0.05) is 19.1 Å². The van der Waals surface area contributed by atoms with Gasteiger partial charge in [-0.2, -0.15) is 0 Å². The van der Waals surface area contributed by atoms with Gasteiger partial charge in [-0.1, -0.05) is 34.1 Å². The van der Waals surface area contributed by atoms with Gasteiger partial charge in [-0.25, -0.2) is 0 Å². The first-order valence-corrected chi connectivity index (χ1v) is 14.6. The molecule has 0 spiro atoms. The first-order valence-electron chi connectivity index (χ1n) is 8.93. The van der Waals surface area contributed by atoms with E-state index in [-0.39, 0.29) is 0 Å². The van der Waals surface area contributed by atoms with Crippen LogP contribution in [0.1, 0.15) is 60.8 Å². The minimum Gasteiger partial charge on any atom is -0.279 e. The summed E-state index contributed by atoms with van der Waals surface area (Å²) in [6.45, 7) is 12.7. The second kappa shape index (κ2) is 16.2. The van der Waals surface area contributed by atoms with Gasteiger partial charge in [0.05, 0.1) is 0 Å². The monoisotopic (exact) mass is 418 g/mol. The fraction of sp³-hybridized carbons (Fsp3) is 1.00. The summed E-state index contributed by atoms with van der Waals surface area (Å²) in [5.74, 6) is 0. The Morgan fingerprint density at radius 3 is 1.79 bits per heavy atom. The van der Waals surface area contributed by atoms with E-state index in [0.29, 0.717) is 6.04 Å². The van der Waals surface area contributed by atoms with E-state index in [9.17, 15) is 0 Å². The Bertz CT molecular complexity index is 382. The fourth-order valence-electron chi connectivity index (χ4n) is 1.74. The number of unbranched alkanes of at least 4 members (excludes halogenated alkanes) is 1. The van der Waals surface area contributed by atoms with Crippen LogP contribution in [0.2, 0.25) is 0 Å². The van der Waals surface area contributed by atoms with Crippen LogP contribution in [0, 0.1) is 0 Å². The highest BCUT2D eigenvalue weighted by molar-refractivity contribution is 8.12. The van der Waals surface area contributed by atoms with Crippen LogP contribution in [0.4, 0.5) is 0 Å². The van der Waals surface area contributed by atoms with Crippen LogP contribution in [-0.4, -0.2) is 32.2 Å². The minimum atomic E-state index is -1.92. The Hall–Kier alpha value is 1.06. The zero-order chi connectivity index (χ0) is 19.1. The van der Waals surface area contributed by atoms with Crippen LogP contribution in [0.25, 0.3) is 0 Å². The number of nitrogens with one attached hydrogen (secondary N) is 5. The Morgan fingerprint density at radius 2 is 1.38 bits per heavy atom. The molecule has 0 aromatic rings. The van der Waals surface area contributed by atoms with Crippen LogP contribution in [0.5, 0.6) is 0 Å². The third-order valence-electron chi connectivity index (χ3n) is 2.67. The molecule has 24 heavy (non-hydrogen) atoms. The van der Waals surface area contributed by atoms with Gasteiger partial charge in [-0.15, -0.1) is 0 Å². The quantitative estimate of drug-likeness (QED) is 0.201. The number of hydrogen-bond donors (Lipinski definition) is 6. The summed E-state index contributed by atoms with van der Waals surface area (Å²) in [5, 5.41) is 16.4. The van der Waals surface area contributed by atoms with Gasteiger partial charge in [-0.3, -0.25) is 30.9 Å². The average Bonchev–Trinajstić information content (AvgIpc) is 2.45. The van der Waals surface area contributed by atoms with Crippen molar-refractivity contribution in [3.63, 3.8) is 0 Å². The molecule has 7 N–H and O–H groups in total. The molecule has 6 nitrogen and oxygen atoms in total. The second-order valence-electron chi connectivity index (χ2n) is 5.74. The van der Waals surface area contributed by atoms with Gasteiger partial charge in [0.25, 0.3) is 0 Å². The summed E-state index contributed by atoms with van der Waals surface area (Å²) in [6.07, 6.45) is 3.53. The van der Waals surface area contributed by atoms with E-state index < -0.39 is 13.0 Å². The van der Waals surface area contributed by atoms with Crippen molar-refractivity contribution < 1.29 is 0 Å². The summed E-state index contributed by atoms with van der Waals surface area (Å²) >= 11 is 10.6. The highest BCUT2D eigenvalue weighted by Crippen LogP contribution is 2.30. The third-order valence-corrected chi connectivity index (χ3v) is 8.32. The van der Waals surface area contributed by atoms with Gasteiger partial charge in [0.15, 0.2) is 0 Å². The fourth-order valence-corrected chi connectivity index (χ4v) is 6.81. The second-order valence-corrected chi connectivity index (χ2v) is 13.2. The molecule has 0 aromatic carbocycles. The lowest BCUT2D eigenvalue weighted by Crippen LogP contribution is -2.32. The molecular weight excluding hydrogens is 378 g/mol. The van der Waals surface area contributed by atoms with Gasteiger partial charge in [0.2, 0.25) is 0 Å². The number of rotatable bonds is 13. The molecule has 0 saturated carbocycles. The highest BCUT2D eigenvalue weighted by atomic mass is 32.5.